The van der Waals surface area contributed by atoms with E-state index < -0.39 is 5.91 Å². The van der Waals surface area contributed by atoms with Crippen LogP contribution in [0.4, 0.5) is 0 Å². The molecule has 2 aliphatic rings. The van der Waals surface area contributed by atoms with Crippen molar-refractivity contribution in [1.82, 2.24) is 4.90 Å². The summed E-state index contributed by atoms with van der Waals surface area (Å²) < 4.78 is 10.8. The zero-order valence-corrected chi connectivity index (χ0v) is 11.9. The Morgan fingerprint density at radius 3 is 2.71 bits per heavy atom. The van der Waals surface area contributed by atoms with E-state index in [4.69, 9.17) is 15.2 Å². The van der Waals surface area contributed by atoms with Crippen LogP contribution in [0.1, 0.15) is 28.9 Å². The maximum atomic E-state index is 12.4. The molecule has 0 aromatic heterocycles. The lowest BCUT2D eigenvalue weighted by molar-refractivity contribution is -0.152. The molecule has 3 rings (SSSR count). The minimum absolute atomic E-state index is 0.0427. The number of amides is 2. The maximum absolute atomic E-state index is 12.4. The fourth-order valence-corrected chi connectivity index (χ4v) is 2.69. The third kappa shape index (κ3) is 2.47. The van der Waals surface area contributed by atoms with Crippen molar-refractivity contribution in [3.05, 3.63) is 29.3 Å². The molecule has 1 aromatic rings. The van der Waals surface area contributed by atoms with Gasteiger partial charge in [0.15, 0.2) is 0 Å². The van der Waals surface area contributed by atoms with Crippen molar-refractivity contribution in [2.45, 2.75) is 13.0 Å². The summed E-state index contributed by atoms with van der Waals surface area (Å²) in [6.07, 6.45) is 0. The highest BCUT2D eigenvalue weighted by Crippen LogP contribution is 2.33. The normalized spacial score (nSPS) is 21.8. The second-order valence-corrected chi connectivity index (χ2v) is 5.41. The molecule has 2 aliphatic heterocycles. The van der Waals surface area contributed by atoms with Crippen molar-refractivity contribution < 1.29 is 19.1 Å². The van der Waals surface area contributed by atoms with Crippen LogP contribution in [0.3, 0.4) is 0 Å². The summed E-state index contributed by atoms with van der Waals surface area (Å²) in [4.78, 5) is 25.5. The Balaban J connectivity index is 1.89. The first-order valence-electron chi connectivity index (χ1n) is 7.02. The number of nitrogens with two attached hydrogens (primary N) is 1. The average molecular weight is 290 g/mol. The largest absolute Gasteiger partial charge is 0.491 e. The summed E-state index contributed by atoms with van der Waals surface area (Å²) in [6, 6.07) is 5.02. The SMILES string of the molecule is C[C@H]1c2ccc(C(N)=O)cc2OCCN1C(=O)C1COC1. The third-order valence-corrected chi connectivity index (χ3v) is 4.08. The summed E-state index contributed by atoms with van der Waals surface area (Å²) in [7, 11) is 0. The van der Waals surface area contributed by atoms with E-state index in [1.165, 1.54) is 0 Å². The molecule has 0 unspecified atom stereocenters. The Morgan fingerprint density at radius 1 is 1.33 bits per heavy atom. The summed E-state index contributed by atoms with van der Waals surface area (Å²) in [5, 5.41) is 0. The number of hydrogen-bond acceptors (Lipinski definition) is 4. The first kappa shape index (κ1) is 13.9. The van der Waals surface area contributed by atoms with Crippen LogP contribution in [0.5, 0.6) is 5.75 Å². The Kier molecular flexibility index (Phi) is 3.55. The van der Waals surface area contributed by atoms with Crippen molar-refractivity contribution >= 4 is 11.8 Å². The van der Waals surface area contributed by atoms with Gasteiger partial charge in [-0.25, -0.2) is 0 Å². The van der Waals surface area contributed by atoms with Crippen molar-refractivity contribution in [2.24, 2.45) is 11.7 Å². The summed E-state index contributed by atoms with van der Waals surface area (Å²) in [5.74, 6) is 0.194. The van der Waals surface area contributed by atoms with Gasteiger partial charge >= 0.3 is 0 Å². The monoisotopic (exact) mass is 290 g/mol. The van der Waals surface area contributed by atoms with Crippen LogP contribution in [0, 0.1) is 5.92 Å². The van der Waals surface area contributed by atoms with Crippen molar-refractivity contribution in [3.63, 3.8) is 0 Å². The number of primary amides is 1. The topological polar surface area (TPSA) is 81.9 Å². The fourth-order valence-electron chi connectivity index (χ4n) is 2.69. The molecule has 2 heterocycles. The molecule has 1 aromatic carbocycles. The van der Waals surface area contributed by atoms with Gasteiger partial charge in [0.25, 0.3) is 0 Å². The van der Waals surface area contributed by atoms with Crippen LogP contribution >= 0.6 is 0 Å². The van der Waals surface area contributed by atoms with E-state index in [9.17, 15) is 9.59 Å². The van der Waals surface area contributed by atoms with E-state index in [0.717, 1.165) is 5.56 Å². The summed E-state index contributed by atoms with van der Waals surface area (Å²) in [5.41, 5.74) is 6.59. The number of nitrogens with zero attached hydrogens (tertiary/aromatic N) is 1. The predicted molar refractivity (Wildman–Crippen MR) is 74.9 cm³/mol. The molecule has 1 atom stereocenters. The third-order valence-electron chi connectivity index (χ3n) is 4.08. The molecule has 6 heteroatoms. The second kappa shape index (κ2) is 5.37. The van der Waals surface area contributed by atoms with Crippen LogP contribution < -0.4 is 10.5 Å². The lowest BCUT2D eigenvalue weighted by Gasteiger charge is -2.34. The molecular formula is C15H18N2O4. The minimum atomic E-state index is -0.488. The molecular weight excluding hydrogens is 272 g/mol. The predicted octanol–water partition coefficient (Wildman–Crippen LogP) is 0.714. The standard InChI is InChI=1S/C15H18N2O4/c1-9-12-3-2-10(14(16)18)6-13(12)21-5-4-17(9)15(19)11-7-20-8-11/h2-3,6,9,11H,4-5,7-8H2,1H3,(H2,16,18)/t9-/m0/s1. The highest BCUT2D eigenvalue weighted by molar-refractivity contribution is 5.93. The van der Waals surface area contributed by atoms with Gasteiger partial charge in [0.05, 0.1) is 31.7 Å². The van der Waals surface area contributed by atoms with E-state index in [-0.39, 0.29) is 17.9 Å². The second-order valence-electron chi connectivity index (χ2n) is 5.41. The number of fused-ring (bicyclic) bond motifs is 1. The van der Waals surface area contributed by atoms with E-state index in [1.807, 2.05) is 17.9 Å². The van der Waals surface area contributed by atoms with Crippen molar-refractivity contribution in [1.29, 1.82) is 0 Å². The van der Waals surface area contributed by atoms with E-state index in [1.54, 1.807) is 12.1 Å². The first-order valence-corrected chi connectivity index (χ1v) is 7.02. The lowest BCUT2D eigenvalue weighted by atomic mass is 10.0. The summed E-state index contributed by atoms with van der Waals surface area (Å²) >= 11 is 0. The van der Waals surface area contributed by atoms with E-state index in [2.05, 4.69) is 0 Å². The van der Waals surface area contributed by atoms with Gasteiger partial charge < -0.3 is 20.1 Å². The lowest BCUT2D eigenvalue weighted by Crippen LogP contribution is -2.46. The number of carbonyl (C=O) groups excluding carboxylic acids is 2. The van der Waals surface area contributed by atoms with Gasteiger partial charge in [0.1, 0.15) is 12.4 Å². The van der Waals surface area contributed by atoms with Gasteiger partial charge in [-0.15, -0.1) is 0 Å². The molecule has 21 heavy (non-hydrogen) atoms. The molecule has 1 saturated heterocycles. The Labute approximate surface area is 122 Å². The summed E-state index contributed by atoms with van der Waals surface area (Å²) in [6.45, 7) is 3.89. The van der Waals surface area contributed by atoms with Crippen LogP contribution in [-0.4, -0.2) is 43.1 Å². The van der Waals surface area contributed by atoms with Crippen LogP contribution in [0.15, 0.2) is 18.2 Å². The molecule has 0 spiro atoms. The zero-order chi connectivity index (χ0) is 15.0. The number of benzene rings is 1. The average Bonchev–Trinajstić information content (AvgIpc) is 2.56. The number of hydrogen-bond donors (Lipinski definition) is 1. The molecule has 0 aliphatic carbocycles. The number of ether oxygens (including phenoxy) is 2. The molecule has 2 amide bonds. The number of carbonyl (C=O) groups is 2. The molecule has 0 saturated carbocycles. The molecule has 6 nitrogen and oxygen atoms in total. The van der Waals surface area contributed by atoms with Crippen LogP contribution in [-0.2, 0) is 9.53 Å². The molecule has 2 N–H and O–H groups in total. The molecule has 1 fully saturated rings. The van der Waals surface area contributed by atoms with Gasteiger partial charge in [-0.2, -0.15) is 0 Å². The van der Waals surface area contributed by atoms with Crippen LogP contribution in [0.25, 0.3) is 0 Å². The van der Waals surface area contributed by atoms with Gasteiger partial charge in [-0.05, 0) is 19.1 Å². The Morgan fingerprint density at radius 2 is 2.10 bits per heavy atom. The zero-order valence-electron chi connectivity index (χ0n) is 11.9. The van der Waals surface area contributed by atoms with Gasteiger partial charge in [-0.3, -0.25) is 9.59 Å². The Hall–Kier alpha value is -2.08. The van der Waals surface area contributed by atoms with Gasteiger partial charge in [0.2, 0.25) is 11.8 Å². The van der Waals surface area contributed by atoms with Crippen LogP contribution in [0.2, 0.25) is 0 Å². The number of rotatable bonds is 2. The highest BCUT2D eigenvalue weighted by atomic mass is 16.5. The van der Waals surface area contributed by atoms with Crippen molar-refractivity contribution in [3.8, 4) is 5.75 Å². The Bertz CT molecular complexity index is 583. The smallest absolute Gasteiger partial charge is 0.248 e. The van der Waals surface area contributed by atoms with E-state index >= 15 is 0 Å². The first-order chi connectivity index (χ1) is 10.1. The van der Waals surface area contributed by atoms with Gasteiger partial charge in [0, 0.05) is 11.1 Å². The minimum Gasteiger partial charge on any atom is -0.491 e. The maximum Gasteiger partial charge on any atom is 0.248 e. The molecule has 0 radical (unpaired) electrons. The molecule has 112 valence electrons. The highest BCUT2D eigenvalue weighted by Gasteiger charge is 2.35. The van der Waals surface area contributed by atoms with Crippen molar-refractivity contribution in [2.75, 3.05) is 26.4 Å². The quantitative estimate of drug-likeness (QED) is 0.870. The van der Waals surface area contributed by atoms with E-state index in [0.29, 0.717) is 37.7 Å². The van der Waals surface area contributed by atoms with Gasteiger partial charge in [-0.1, -0.05) is 6.07 Å². The fraction of sp³-hybridized carbons (Fsp3) is 0.467. The molecule has 0 bridgehead atoms.